The number of phosphoric ester groups is 2. The predicted molar refractivity (Wildman–Crippen MR) is 436 cm³/mol. The van der Waals surface area contributed by atoms with Crippen LogP contribution in [0.2, 0.25) is 0 Å². The molecule has 0 aromatic heterocycles. The molecule has 5 atom stereocenters. The molecule has 106 heavy (non-hydrogen) atoms. The first kappa shape index (κ1) is 101. The zero-order chi connectivity index (χ0) is 77.4. The van der Waals surface area contributed by atoms with Gasteiger partial charge in [-0.25, -0.2) is 9.13 Å². The van der Waals surface area contributed by atoms with Gasteiger partial charge in [-0.05, 0) is 103 Å². The van der Waals surface area contributed by atoms with Crippen LogP contribution in [0.25, 0.3) is 0 Å². The molecule has 0 rings (SSSR count). The molecule has 17 nitrogen and oxygen atoms in total. The summed E-state index contributed by atoms with van der Waals surface area (Å²) in [7, 11) is -10.0. The maximum absolute atomic E-state index is 13.1. The summed E-state index contributed by atoms with van der Waals surface area (Å²) in [4.78, 5) is 73.0. The van der Waals surface area contributed by atoms with Crippen molar-refractivity contribution in [2.45, 2.75) is 367 Å². The molecule has 0 aliphatic rings. The fraction of sp³-hybridized carbons (Fsp3) is 0.724. The summed E-state index contributed by atoms with van der Waals surface area (Å²) in [6.45, 7) is 4.70. The Labute approximate surface area is 644 Å². The third-order valence-corrected chi connectivity index (χ3v) is 19.4. The van der Waals surface area contributed by atoms with E-state index in [1.54, 1.807) is 0 Å². The second-order valence-corrected chi connectivity index (χ2v) is 30.6. The van der Waals surface area contributed by atoms with Crippen LogP contribution in [0.3, 0.4) is 0 Å². The summed E-state index contributed by atoms with van der Waals surface area (Å²) < 4.78 is 68.5. The predicted octanol–water partition coefficient (Wildman–Crippen LogP) is 24.7. The molecule has 0 spiro atoms. The van der Waals surface area contributed by atoms with Crippen molar-refractivity contribution in [3.8, 4) is 0 Å². The number of esters is 4. The van der Waals surface area contributed by atoms with Crippen LogP contribution in [0.4, 0.5) is 0 Å². The van der Waals surface area contributed by atoms with Crippen LogP contribution >= 0.6 is 15.6 Å². The van der Waals surface area contributed by atoms with Crippen LogP contribution in [0.1, 0.15) is 349 Å². The molecule has 2 unspecified atom stereocenters. The SMILES string of the molecule is CCCCC/C=C\C/C=C\C/C=C\C/C=C\C/C=C\CCC(=O)OC[C@H](COP(=O)(O)OC[C@@H](O)COP(=O)(O)OC[C@@H](COC(=O)CCCCCCCCCCCCCCCCC)OC(=O)CC/C=C\C/C=C\C/C=C\C/C=C\C/C=C\CCCCC)OC(=O)CCCCCCCCCCCCCCC. The van der Waals surface area contributed by atoms with Crippen molar-refractivity contribution in [3.63, 3.8) is 0 Å². The second-order valence-electron chi connectivity index (χ2n) is 27.7. The zero-order valence-electron chi connectivity index (χ0n) is 66.8. The van der Waals surface area contributed by atoms with Crippen LogP contribution in [-0.2, 0) is 65.4 Å². The Hall–Kier alpha value is -4.54. The highest BCUT2D eigenvalue weighted by atomic mass is 31.2. The van der Waals surface area contributed by atoms with E-state index in [9.17, 15) is 43.2 Å². The summed E-state index contributed by atoms with van der Waals surface area (Å²) in [5.74, 6) is -2.35. The molecule has 0 bridgehead atoms. The lowest BCUT2D eigenvalue weighted by Crippen LogP contribution is -2.30. The fourth-order valence-electron chi connectivity index (χ4n) is 11.1. The minimum absolute atomic E-state index is 0.0293. The quantitative estimate of drug-likeness (QED) is 0.0169. The molecule has 0 amide bonds. The Morgan fingerprint density at radius 1 is 0.264 bits per heavy atom. The average Bonchev–Trinajstić information content (AvgIpc) is 0.899. The summed E-state index contributed by atoms with van der Waals surface area (Å²) in [5.41, 5.74) is 0. The number of hydrogen-bond donors (Lipinski definition) is 3. The fourth-order valence-corrected chi connectivity index (χ4v) is 12.6. The summed E-state index contributed by atoms with van der Waals surface area (Å²) in [6, 6.07) is 0. The highest BCUT2D eigenvalue weighted by Crippen LogP contribution is 2.45. The number of allylic oxidation sites excluding steroid dienone is 20. The molecule has 0 aromatic rings. The molecule has 0 saturated carbocycles. The average molecular weight is 1530 g/mol. The molecule has 0 aliphatic carbocycles. The Bertz CT molecular complexity index is 2480. The highest BCUT2D eigenvalue weighted by Gasteiger charge is 2.30. The number of unbranched alkanes of at least 4 members (excludes halogenated alkanes) is 32. The number of carbonyl (C=O) groups is 4. The van der Waals surface area contributed by atoms with E-state index in [1.807, 2.05) is 30.4 Å². The van der Waals surface area contributed by atoms with E-state index in [2.05, 4.69) is 119 Å². The maximum Gasteiger partial charge on any atom is 0.472 e. The van der Waals surface area contributed by atoms with E-state index in [0.717, 1.165) is 96.3 Å². The smallest absolute Gasteiger partial charge is 0.462 e. The van der Waals surface area contributed by atoms with Crippen LogP contribution in [0, 0.1) is 0 Å². The lowest BCUT2D eigenvalue weighted by atomic mass is 10.0. The molecular formula is C87H150O17P2. The first-order chi connectivity index (χ1) is 51.7. The number of carbonyl (C=O) groups excluding carboxylic acids is 4. The molecule has 0 aliphatic heterocycles. The highest BCUT2D eigenvalue weighted by molar-refractivity contribution is 7.47. The molecule has 0 saturated heterocycles. The molecule has 610 valence electrons. The van der Waals surface area contributed by atoms with E-state index in [1.165, 1.54) is 161 Å². The minimum atomic E-state index is -5.00. The third kappa shape index (κ3) is 77.6. The molecule has 3 N–H and O–H groups in total. The van der Waals surface area contributed by atoms with E-state index in [-0.39, 0.29) is 25.7 Å². The van der Waals surface area contributed by atoms with Gasteiger partial charge in [0, 0.05) is 25.7 Å². The molecule has 0 fully saturated rings. The van der Waals surface area contributed by atoms with Gasteiger partial charge in [0.2, 0.25) is 0 Å². The molecular weight excluding hydrogens is 1380 g/mol. The van der Waals surface area contributed by atoms with Crippen molar-refractivity contribution >= 4 is 39.5 Å². The van der Waals surface area contributed by atoms with Gasteiger partial charge in [0.1, 0.15) is 19.3 Å². The second kappa shape index (κ2) is 78.6. The van der Waals surface area contributed by atoms with Gasteiger partial charge in [-0.3, -0.25) is 37.3 Å². The van der Waals surface area contributed by atoms with Crippen molar-refractivity contribution in [3.05, 3.63) is 122 Å². The van der Waals surface area contributed by atoms with Crippen LogP contribution in [0.15, 0.2) is 122 Å². The summed E-state index contributed by atoms with van der Waals surface area (Å²) in [6.07, 6.45) is 87.7. The first-order valence-electron chi connectivity index (χ1n) is 41.8. The number of phosphoric acid groups is 2. The number of aliphatic hydroxyl groups is 1. The largest absolute Gasteiger partial charge is 0.472 e. The topological polar surface area (TPSA) is 237 Å². The zero-order valence-corrected chi connectivity index (χ0v) is 68.6. The Morgan fingerprint density at radius 3 is 0.783 bits per heavy atom. The van der Waals surface area contributed by atoms with Crippen LogP contribution < -0.4 is 0 Å². The Kier molecular flexibility index (Phi) is 75.2. The molecule has 0 aromatic carbocycles. The van der Waals surface area contributed by atoms with Gasteiger partial charge in [0.25, 0.3) is 0 Å². The van der Waals surface area contributed by atoms with Gasteiger partial charge in [0.05, 0.1) is 26.4 Å². The monoisotopic (exact) mass is 1530 g/mol. The van der Waals surface area contributed by atoms with E-state index >= 15 is 0 Å². The first-order valence-corrected chi connectivity index (χ1v) is 44.8. The van der Waals surface area contributed by atoms with Crippen LogP contribution in [-0.4, -0.2) is 96.7 Å². The number of aliphatic hydroxyl groups excluding tert-OH is 1. The van der Waals surface area contributed by atoms with E-state index in [4.69, 9.17) is 37.0 Å². The third-order valence-electron chi connectivity index (χ3n) is 17.5. The number of hydrogen-bond acceptors (Lipinski definition) is 15. The van der Waals surface area contributed by atoms with Crippen molar-refractivity contribution in [2.24, 2.45) is 0 Å². The normalized spacial score (nSPS) is 14.4. The van der Waals surface area contributed by atoms with Gasteiger partial charge < -0.3 is 33.8 Å². The standard InChI is InChI=1S/C87H150O17P2/c1-5-9-13-17-21-25-29-33-36-38-40-42-45-49-52-56-60-64-68-72-85(90)98-77-82(103-86(91)73-69-65-61-57-53-47-32-28-24-20-16-12-8-4)79-101-105(93,94)99-75-81(88)76-100-106(95,96)102-80-83(78-97-84(89)71-67-63-59-55-51-48-44-35-31-27-23-19-15-11-7-3)104-87(92)74-70-66-62-58-54-50-46-43-41-39-37-34-30-26-22-18-14-10-6-2/h21-22,25-26,33-34,36-37,40-43,49-50,52,54,60,62,64,66,81-83,88H,5-20,23-24,27-32,35,38-39,44-48,51,53,55-59,61,63,65,67-80H2,1-4H3,(H,93,94)(H,95,96)/b25-21-,26-22-,36-33-,37-34-,42-40-,43-41-,52-49-,54-50-,64-60-,66-62-/t81-,82-,83-/m1/s1. The van der Waals surface area contributed by atoms with Crippen molar-refractivity contribution in [1.82, 2.24) is 0 Å². The summed E-state index contributed by atoms with van der Waals surface area (Å²) >= 11 is 0. The Balaban J connectivity index is 5.46. The van der Waals surface area contributed by atoms with Crippen molar-refractivity contribution < 1.29 is 80.2 Å². The molecule has 0 radical (unpaired) electrons. The van der Waals surface area contributed by atoms with Gasteiger partial charge in [-0.2, -0.15) is 0 Å². The van der Waals surface area contributed by atoms with Crippen molar-refractivity contribution in [1.29, 1.82) is 0 Å². The van der Waals surface area contributed by atoms with E-state index < -0.39 is 97.5 Å². The van der Waals surface area contributed by atoms with Gasteiger partial charge in [-0.15, -0.1) is 0 Å². The van der Waals surface area contributed by atoms with E-state index in [0.29, 0.717) is 38.5 Å². The van der Waals surface area contributed by atoms with Gasteiger partial charge >= 0.3 is 39.5 Å². The van der Waals surface area contributed by atoms with Gasteiger partial charge in [-0.1, -0.05) is 342 Å². The van der Waals surface area contributed by atoms with Crippen molar-refractivity contribution in [2.75, 3.05) is 39.6 Å². The molecule has 19 heteroatoms. The number of ether oxygens (including phenoxy) is 4. The summed E-state index contributed by atoms with van der Waals surface area (Å²) in [5, 5.41) is 10.6. The lowest BCUT2D eigenvalue weighted by molar-refractivity contribution is -0.161. The maximum atomic E-state index is 13.1. The molecule has 0 heterocycles. The van der Waals surface area contributed by atoms with Crippen LogP contribution in [0.5, 0.6) is 0 Å². The number of rotatable bonds is 78. The van der Waals surface area contributed by atoms with Gasteiger partial charge in [0.15, 0.2) is 12.2 Å². The Morgan fingerprint density at radius 2 is 0.481 bits per heavy atom. The lowest BCUT2D eigenvalue weighted by Gasteiger charge is -2.21. The minimum Gasteiger partial charge on any atom is -0.462 e.